The van der Waals surface area contributed by atoms with Crippen LogP contribution in [0.3, 0.4) is 0 Å². The second-order valence-corrected chi connectivity index (χ2v) is 4.50. The third-order valence-electron chi connectivity index (χ3n) is 2.48. The van der Waals surface area contributed by atoms with Crippen molar-refractivity contribution < 1.29 is 9.18 Å². The molecule has 2 rings (SSSR count). The highest BCUT2D eigenvalue weighted by atomic mass is 32.1. The molecular formula is C14H12FNOS. The predicted octanol–water partition coefficient (Wildman–Crippen LogP) is 3.68. The number of carbonyl (C=O) groups excluding carboxylic acids is 1. The topological polar surface area (TPSA) is 29.1 Å². The van der Waals surface area contributed by atoms with Crippen LogP contribution >= 0.6 is 12.6 Å². The molecule has 0 atom stereocenters. The first-order valence-corrected chi connectivity index (χ1v) is 5.87. The zero-order chi connectivity index (χ0) is 13.1. The number of hydrogen-bond donors (Lipinski definition) is 2. The van der Waals surface area contributed by atoms with Crippen molar-refractivity contribution in [2.24, 2.45) is 0 Å². The molecule has 1 N–H and O–H groups in total. The van der Waals surface area contributed by atoms with E-state index in [1.807, 2.05) is 6.92 Å². The fourth-order valence-electron chi connectivity index (χ4n) is 1.58. The van der Waals surface area contributed by atoms with Crippen LogP contribution in [0.1, 0.15) is 15.9 Å². The normalized spacial score (nSPS) is 10.2. The van der Waals surface area contributed by atoms with Gasteiger partial charge in [-0.1, -0.05) is 12.1 Å². The monoisotopic (exact) mass is 261 g/mol. The summed E-state index contributed by atoms with van der Waals surface area (Å²) in [6.07, 6.45) is 0. The number of carbonyl (C=O) groups is 1. The molecule has 18 heavy (non-hydrogen) atoms. The van der Waals surface area contributed by atoms with Crippen molar-refractivity contribution in [2.45, 2.75) is 11.8 Å². The molecule has 0 aliphatic heterocycles. The Morgan fingerprint density at radius 1 is 1.22 bits per heavy atom. The highest BCUT2D eigenvalue weighted by Crippen LogP contribution is 2.17. The number of benzene rings is 2. The molecule has 0 spiro atoms. The molecule has 92 valence electrons. The molecule has 0 aliphatic rings. The molecule has 4 heteroatoms. The van der Waals surface area contributed by atoms with E-state index < -0.39 is 5.82 Å². The van der Waals surface area contributed by atoms with Gasteiger partial charge in [0.25, 0.3) is 5.91 Å². The molecule has 1 amide bonds. The van der Waals surface area contributed by atoms with E-state index in [-0.39, 0.29) is 11.6 Å². The Bertz CT molecular complexity index is 598. The fraction of sp³-hybridized carbons (Fsp3) is 0.0714. The van der Waals surface area contributed by atoms with Gasteiger partial charge in [0.05, 0.1) is 5.69 Å². The molecule has 2 aromatic carbocycles. The number of halogens is 1. The van der Waals surface area contributed by atoms with Gasteiger partial charge in [-0.25, -0.2) is 4.39 Å². The molecule has 0 aromatic heterocycles. The number of rotatable bonds is 2. The highest BCUT2D eigenvalue weighted by molar-refractivity contribution is 7.80. The number of aryl methyl sites for hydroxylation is 1. The smallest absolute Gasteiger partial charge is 0.255 e. The zero-order valence-electron chi connectivity index (χ0n) is 9.77. The maximum Gasteiger partial charge on any atom is 0.255 e. The van der Waals surface area contributed by atoms with Crippen LogP contribution in [0.25, 0.3) is 0 Å². The summed E-state index contributed by atoms with van der Waals surface area (Å²) >= 11 is 4.16. The van der Waals surface area contributed by atoms with Gasteiger partial charge >= 0.3 is 0 Å². The van der Waals surface area contributed by atoms with E-state index in [2.05, 4.69) is 17.9 Å². The minimum atomic E-state index is -0.448. The van der Waals surface area contributed by atoms with Crippen LogP contribution in [0.2, 0.25) is 0 Å². The van der Waals surface area contributed by atoms with Crippen LogP contribution in [0.4, 0.5) is 10.1 Å². The lowest BCUT2D eigenvalue weighted by atomic mass is 10.2. The molecule has 0 saturated carbocycles. The Morgan fingerprint density at radius 2 is 2.00 bits per heavy atom. The van der Waals surface area contributed by atoms with Gasteiger partial charge in [0.1, 0.15) is 5.82 Å². The fourth-order valence-corrected chi connectivity index (χ4v) is 1.80. The van der Waals surface area contributed by atoms with E-state index in [1.54, 1.807) is 36.4 Å². The number of thiol groups is 1. The van der Waals surface area contributed by atoms with Crippen molar-refractivity contribution in [3.63, 3.8) is 0 Å². The summed E-state index contributed by atoms with van der Waals surface area (Å²) in [5, 5.41) is 2.55. The average molecular weight is 261 g/mol. The second-order valence-electron chi connectivity index (χ2n) is 3.99. The molecule has 2 aromatic rings. The Hall–Kier alpha value is -1.81. The standard InChI is InChI=1S/C14H12FNOS/c1-9-5-6-12(15)13(7-9)16-14(17)10-3-2-4-11(18)8-10/h2-8,18H,1H3,(H,16,17). The predicted molar refractivity (Wildman–Crippen MR) is 72.8 cm³/mol. The lowest BCUT2D eigenvalue weighted by Crippen LogP contribution is -2.13. The summed E-state index contributed by atoms with van der Waals surface area (Å²) in [6, 6.07) is 11.4. The van der Waals surface area contributed by atoms with Gasteiger partial charge in [0.15, 0.2) is 0 Å². The molecule has 2 nitrogen and oxygen atoms in total. The summed E-state index contributed by atoms with van der Waals surface area (Å²) in [5.74, 6) is -0.800. The van der Waals surface area contributed by atoms with Gasteiger partial charge < -0.3 is 5.32 Å². The van der Waals surface area contributed by atoms with Crippen LogP contribution in [-0.2, 0) is 0 Å². The van der Waals surface area contributed by atoms with Crippen LogP contribution in [0, 0.1) is 12.7 Å². The number of amides is 1. The van der Waals surface area contributed by atoms with E-state index in [0.29, 0.717) is 10.5 Å². The average Bonchev–Trinajstić information content (AvgIpc) is 2.34. The van der Waals surface area contributed by atoms with E-state index in [4.69, 9.17) is 0 Å². The minimum absolute atomic E-state index is 0.185. The summed E-state index contributed by atoms with van der Waals surface area (Å²) in [7, 11) is 0. The number of hydrogen-bond acceptors (Lipinski definition) is 2. The number of anilines is 1. The third kappa shape index (κ3) is 2.90. The molecular weight excluding hydrogens is 249 g/mol. The SMILES string of the molecule is Cc1ccc(F)c(NC(=O)c2cccc(S)c2)c1. The quantitative estimate of drug-likeness (QED) is 0.793. The molecule has 0 aliphatic carbocycles. The summed E-state index contributed by atoms with van der Waals surface area (Å²) in [4.78, 5) is 12.6. The molecule has 0 fully saturated rings. The molecule has 0 heterocycles. The van der Waals surface area contributed by atoms with Gasteiger partial charge in [0.2, 0.25) is 0 Å². The first-order valence-electron chi connectivity index (χ1n) is 5.43. The van der Waals surface area contributed by atoms with Gasteiger partial charge in [0, 0.05) is 10.5 Å². The first-order chi connectivity index (χ1) is 8.56. The van der Waals surface area contributed by atoms with Gasteiger partial charge in [-0.2, -0.15) is 0 Å². The minimum Gasteiger partial charge on any atom is -0.319 e. The molecule has 0 radical (unpaired) electrons. The lowest BCUT2D eigenvalue weighted by molar-refractivity contribution is 0.102. The van der Waals surface area contributed by atoms with Crippen molar-refractivity contribution in [3.8, 4) is 0 Å². The van der Waals surface area contributed by atoms with Crippen LogP contribution < -0.4 is 5.32 Å². The molecule has 0 unspecified atom stereocenters. The maximum atomic E-state index is 13.5. The van der Waals surface area contributed by atoms with Crippen LogP contribution in [0.5, 0.6) is 0 Å². The van der Waals surface area contributed by atoms with Crippen molar-refractivity contribution in [1.82, 2.24) is 0 Å². The van der Waals surface area contributed by atoms with E-state index in [1.165, 1.54) is 6.07 Å². The largest absolute Gasteiger partial charge is 0.319 e. The Balaban J connectivity index is 2.24. The third-order valence-corrected chi connectivity index (χ3v) is 2.76. The lowest BCUT2D eigenvalue weighted by Gasteiger charge is -2.07. The van der Waals surface area contributed by atoms with Crippen molar-refractivity contribution in [2.75, 3.05) is 5.32 Å². The maximum absolute atomic E-state index is 13.5. The Morgan fingerprint density at radius 3 is 2.72 bits per heavy atom. The van der Waals surface area contributed by atoms with Gasteiger partial charge in [-0.05, 0) is 42.8 Å². The highest BCUT2D eigenvalue weighted by Gasteiger charge is 2.09. The summed E-state index contributed by atoms with van der Waals surface area (Å²) in [6.45, 7) is 1.84. The van der Waals surface area contributed by atoms with Crippen LogP contribution in [-0.4, -0.2) is 5.91 Å². The molecule has 0 bridgehead atoms. The summed E-state index contributed by atoms with van der Waals surface area (Å²) < 4.78 is 13.5. The van der Waals surface area contributed by atoms with Crippen molar-refractivity contribution in [1.29, 1.82) is 0 Å². The van der Waals surface area contributed by atoms with E-state index in [9.17, 15) is 9.18 Å². The first kappa shape index (κ1) is 12.6. The Kier molecular flexibility index (Phi) is 3.67. The number of nitrogens with one attached hydrogen (secondary N) is 1. The van der Waals surface area contributed by atoms with Gasteiger partial charge in [-0.15, -0.1) is 12.6 Å². The summed E-state index contributed by atoms with van der Waals surface area (Å²) in [5.41, 5.74) is 1.52. The second kappa shape index (κ2) is 5.23. The zero-order valence-corrected chi connectivity index (χ0v) is 10.7. The van der Waals surface area contributed by atoms with Gasteiger partial charge in [-0.3, -0.25) is 4.79 Å². The van der Waals surface area contributed by atoms with Crippen molar-refractivity contribution >= 4 is 24.2 Å². The van der Waals surface area contributed by atoms with E-state index in [0.717, 1.165) is 5.56 Å². The van der Waals surface area contributed by atoms with Crippen LogP contribution in [0.15, 0.2) is 47.4 Å². The molecule has 0 saturated heterocycles. The van der Waals surface area contributed by atoms with E-state index >= 15 is 0 Å². The Labute approximate surface area is 110 Å². The van der Waals surface area contributed by atoms with Crippen molar-refractivity contribution in [3.05, 3.63) is 59.4 Å².